The molecule has 1 aliphatic heterocycles. The number of rotatable bonds is 7. The lowest BCUT2D eigenvalue weighted by Gasteiger charge is -2.32. The summed E-state index contributed by atoms with van der Waals surface area (Å²) in [6.07, 6.45) is 4.56. The molecule has 4 nitrogen and oxygen atoms in total. The van der Waals surface area contributed by atoms with Crippen LogP contribution in [0.25, 0.3) is 0 Å². The molecule has 0 spiro atoms. The van der Waals surface area contributed by atoms with Gasteiger partial charge in [-0.15, -0.1) is 24.8 Å². The second-order valence-electron chi connectivity index (χ2n) is 5.81. The highest BCUT2D eigenvalue weighted by Crippen LogP contribution is 2.11. The summed E-state index contributed by atoms with van der Waals surface area (Å²) >= 11 is 0. The van der Waals surface area contributed by atoms with Crippen LogP contribution in [-0.4, -0.2) is 43.0 Å². The van der Waals surface area contributed by atoms with E-state index in [0.717, 1.165) is 45.3 Å². The third kappa shape index (κ3) is 8.56. The minimum atomic E-state index is 0. The van der Waals surface area contributed by atoms with Crippen LogP contribution in [0.15, 0.2) is 30.3 Å². The first-order valence-electron chi connectivity index (χ1n) is 8.03. The second kappa shape index (κ2) is 12.6. The number of carbonyl (C=O) groups is 1. The zero-order chi connectivity index (χ0) is 14.9. The van der Waals surface area contributed by atoms with Crippen LogP contribution in [0.5, 0.6) is 0 Å². The number of amides is 1. The van der Waals surface area contributed by atoms with Gasteiger partial charge in [-0.1, -0.05) is 30.3 Å². The van der Waals surface area contributed by atoms with Gasteiger partial charge >= 0.3 is 0 Å². The maximum Gasteiger partial charge on any atom is 0.220 e. The van der Waals surface area contributed by atoms with Crippen LogP contribution in [-0.2, 0) is 11.2 Å². The molecular formula is C17H29Cl2N3O. The molecule has 0 saturated carbocycles. The molecule has 6 heteroatoms. The highest BCUT2D eigenvalue weighted by Gasteiger charge is 2.20. The maximum absolute atomic E-state index is 11.7. The first-order chi connectivity index (χ1) is 10.3. The van der Waals surface area contributed by atoms with Gasteiger partial charge in [0.2, 0.25) is 5.91 Å². The molecule has 0 radical (unpaired) electrons. The minimum Gasteiger partial charge on any atom is -0.353 e. The van der Waals surface area contributed by atoms with Crippen molar-refractivity contribution in [2.75, 3.05) is 26.2 Å². The standard InChI is InChI=1S/C17H27N3O.2ClH/c18-11-4-7-17(21)19-16-9-13-20(14-10-16)12-8-15-5-2-1-3-6-15;;/h1-3,5-6,16H,4,7-14,18H2,(H,19,21);2*1H. The molecule has 0 bridgehead atoms. The normalized spacial score (nSPS) is 15.3. The molecule has 0 atom stereocenters. The van der Waals surface area contributed by atoms with Gasteiger partial charge in [-0.05, 0) is 37.8 Å². The van der Waals surface area contributed by atoms with E-state index >= 15 is 0 Å². The van der Waals surface area contributed by atoms with Crippen molar-refractivity contribution in [2.24, 2.45) is 5.73 Å². The number of hydrogen-bond donors (Lipinski definition) is 2. The van der Waals surface area contributed by atoms with E-state index in [9.17, 15) is 4.79 Å². The van der Waals surface area contributed by atoms with Crippen molar-refractivity contribution in [3.8, 4) is 0 Å². The van der Waals surface area contributed by atoms with E-state index in [1.165, 1.54) is 5.56 Å². The summed E-state index contributed by atoms with van der Waals surface area (Å²) in [6.45, 7) is 3.85. The Kier molecular flexibility index (Phi) is 12.1. The predicted molar refractivity (Wildman–Crippen MR) is 101 cm³/mol. The Bertz CT molecular complexity index is 423. The van der Waals surface area contributed by atoms with Gasteiger partial charge in [-0.2, -0.15) is 0 Å². The van der Waals surface area contributed by atoms with Crippen molar-refractivity contribution in [2.45, 2.75) is 38.1 Å². The van der Waals surface area contributed by atoms with Gasteiger partial charge in [-0.3, -0.25) is 4.79 Å². The van der Waals surface area contributed by atoms with E-state index in [2.05, 4.69) is 40.5 Å². The van der Waals surface area contributed by atoms with Crippen molar-refractivity contribution in [1.29, 1.82) is 0 Å². The quantitative estimate of drug-likeness (QED) is 0.783. The number of hydrogen-bond acceptors (Lipinski definition) is 3. The summed E-state index contributed by atoms with van der Waals surface area (Å²) in [6, 6.07) is 11.0. The molecule has 0 aliphatic carbocycles. The number of likely N-dealkylation sites (tertiary alicyclic amines) is 1. The fourth-order valence-corrected chi connectivity index (χ4v) is 2.80. The molecular weight excluding hydrogens is 333 g/mol. The Hall–Kier alpha value is -0.810. The zero-order valence-corrected chi connectivity index (χ0v) is 15.2. The van der Waals surface area contributed by atoms with Gasteiger partial charge < -0.3 is 16.0 Å². The van der Waals surface area contributed by atoms with Crippen LogP contribution in [0, 0.1) is 0 Å². The Labute approximate surface area is 152 Å². The number of nitrogens with one attached hydrogen (secondary N) is 1. The summed E-state index contributed by atoms with van der Waals surface area (Å²) in [5.41, 5.74) is 6.82. The van der Waals surface area contributed by atoms with E-state index in [-0.39, 0.29) is 30.7 Å². The topological polar surface area (TPSA) is 58.4 Å². The van der Waals surface area contributed by atoms with E-state index in [4.69, 9.17) is 5.73 Å². The van der Waals surface area contributed by atoms with Gasteiger partial charge in [0.1, 0.15) is 0 Å². The lowest BCUT2D eigenvalue weighted by molar-refractivity contribution is -0.122. The summed E-state index contributed by atoms with van der Waals surface area (Å²) in [7, 11) is 0. The molecule has 1 amide bonds. The van der Waals surface area contributed by atoms with E-state index in [0.29, 0.717) is 19.0 Å². The number of nitrogens with zero attached hydrogens (tertiary/aromatic N) is 1. The van der Waals surface area contributed by atoms with Crippen molar-refractivity contribution >= 4 is 30.7 Å². The molecule has 1 aromatic rings. The molecule has 1 aromatic carbocycles. The summed E-state index contributed by atoms with van der Waals surface area (Å²) in [5.74, 6) is 0.156. The van der Waals surface area contributed by atoms with Gasteiger partial charge in [0, 0.05) is 32.1 Å². The fraction of sp³-hybridized carbons (Fsp3) is 0.588. The highest BCUT2D eigenvalue weighted by atomic mass is 35.5. The van der Waals surface area contributed by atoms with Gasteiger partial charge in [0.25, 0.3) is 0 Å². The summed E-state index contributed by atoms with van der Waals surface area (Å²) in [4.78, 5) is 14.2. The average Bonchev–Trinajstić information content (AvgIpc) is 2.53. The van der Waals surface area contributed by atoms with Crippen LogP contribution in [0.4, 0.5) is 0 Å². The Morgan fingerprint density at radius 3 is 2.43 bits per heavy atom. The third-order valence-corrected chi connectivity index (χ3v) is 4.12. The number of piperidine rings is 1. The minimum absolute atomic E-state index is 0. The highest BCUT2D eigenvalue weighted by molar-refractivity contribution is 5.85. The maximum atomic E-state index is 11.7. The predicted octanol–water partition coefficient (Wildman–Crippen LogP) is 2.39. The van der Waals surface area contributed by atoms with E-state index in [1.807, 2.05) is 0 Å². The number of carbonyl (C=O) groups excluding carboxylic acids is 1. The van der Waals surface area contributed by atoms with Crippen LogP contribution < -0.4 is 11.1 Å². The summed E-state index contributed by atoms with van der Waals surface area (Å²) < 4.78 is 0. The Morgan fingerprint density at radius 2 is 1.83 bits per heavy atom. The number of benzene rings is 1. The van der Waals surface area contributed by atoms with Crippen molar-refractivity contribution in [3.05, 3.63) is 35.9 Å². The molecule has 1 aliphatic rings. The zero-order valence-electron chi connectivity index (χ0n) is 13.6. The first-order valence-corrected chi connectivity index (χ1v) is 8.03. The molecule has 0 unspecified atom stereocenters. The van der Waals surface area contributed by atoms with Crippen LogP contribution in [0.3, 0.4) is 0 Å². The average molecular weight is 362 g/mol. The molecule has 1 saturated heterocycles. The van der Waals surface area contributed by atoms with E-state index in [1.54, 1.807) is 0 Å². The molecule has 2 rings (SSSR count). The smallest absolute Gasteiger partial charge is 0.220 e. The monoisotopic (exact) mass is 361 g/mol. The van der Waals surface area contributed by atoms with Crippen molar-refractivity contribution in [3.63, 3.8) is 0 Å². The fourth-order valence-electron chi connectivity index (χ4n) is 2.80. The van der Waals surface area contributed by atoms with Crippen LogP contribution in [0.2, 0.25) is 0 Å². The molecule has 1 heterocycles. The lowest BCUT2D eigenvalue weighted by Crippen LogP contribution is -2.45. The second-order valence-corrected chi connectivity index (χ2v) is 5.81. The molecule has 3 N–H and O–H groups in total. The molecule has 1 fully saturated rings. The van der Waals surface area contributed by atoms with E-state index < -0.39 is 0 Å². The van der Waals surface area contributed by atoms with Gasteiger partial charge in [0.15, 0.2) is 0 Å². The SMILES string of the molecule is Cl.Cl.NCCCC(=O)NC1CCN(CCc2ccccc2)CC1. The number of nitrogens with two attached hydrogens (primary N) is 1. The van der Waals surface area contributed by atoms with Crippen LogP contribution >= 0.6 is 24.8 Å². The largest absolute Gasteiger partial charge is 0.353 e. The molecule has 23 heavy (non-hydrogen) atoms. The first kappa shape index (κ1) is 22.2. The molecule has 132 valence electrons. The van der Waals surface area contributed by atoms with Crippen LogP contribution in [0.1, 0.15) is 31.2 Å². The van der Waals surface area contributed by atoms with Gasteiger partial charge in [-0.25, -0.2) is 0 Å². The number of halogens is 2. The van der Waals surface area contributed by atoms with Gasteiger partial charge in [0.05, 0.1) is 0 Å². The molecule has 0 aromatic heterocycles. The van der Waals surface area contributed by atoms with Crippen molar-refractivity contribution in [1.82, 2.24) is 10.2 Å². The Morgan fingerprint density at radius 1 is 1.17 bits per heavy atom. The third-order valence-electron chi connectivity index (χ3n) is 4.12. The Balaban J connectivity index is 0.00000242. The van der Waals surface area contributed by atoms with Crippen molar-refractivity contribution < 1.29 is 4.79 Å². The lowest BCUT2D eigenvalue weighted by atomic mass is 10.0. The summed E-state index contributed by atoms with van der Waals surface area (Å²) in [5, 5.41) is 3.13.